The van der Waals surface area contributed by atoms with Crippen LogP contribution in [-0.4, -0.2) is 24.1 Å². The number of unbranched alkanes of at least 4 members (excludes halogenated alkanes) is 1. The van der Waals surface area contributed by atoms with Crippen molar-refractivity contribution in [1.82, 2.24) is 5.32 Å². The van der Waals surface area contributed by atoms with Crippen LogP contribution in [0.5, 0.6) is 0 Å². The molecule has 0 bridgehead atoms. The highest BCUT2D eigenvalue weighted by atomic mass is 32.2. The number of hydrogen-bond acceptors (Lipinski definition) is 2. The van der Waals surface area contributed by atoms with Gasteiger partial charge in [-0.2, -0.15) is 11.8 Å². The van der Waals surface area contributed by atoms with Crippen LogP contribution in [0.4, 0.5) is 0 Å². The van der Waals surface area contributed by atoms with Gasteiger partial charge in [-0.05, 0) is 50.5 Å². The maximum Gasteiger partial charge on any atom is 0.0281 e. The second-order valence-electron chi connectivity index (χ2n) is 5.71. The van der Waals surface area contributed by atoms with Gasteiger partial charge in [0.25, 0.3) is 0 Å². The summed E-state index contributed by atoms with van der Waals surface area (Å²) in [6.45, 7) is 2.38. The Morgan fingerprint density at radius 3 is 2.53 bits per heavy atom. The van der Waals surface area contributed by atoms with Gasteiger partial charge in [-0.1, -0.05) is 43.2 Å². The highest BCUT2D eigenvalue weighted by Crippen LogP contribution is 2.39. The van der Waals surface area contributed by atoms with Crippen LogP contribution in [-0.2, 0) is 6.42 Å². The van der Waals surface area contributed by atoms with Gasteiger partial charge in [-0.25, -0.2) is 0 Å². The molecular weight excluding hydrogens is 250 g/mol. The molecule has 1 aromatic carbocycles. The van der Waals surface area contributed by atoms with Gasteiger partial charge in [-0.3, -0.25) is 0 Å². The minimum absolute atomic E-state index is 0.555. The van der Waals surface area contributed by atoms with E-state index in [0.29, 0.717) is 4.75 Å². The van der Waals surface area contributed by atoms with Gasteiger partial charge >= 0.3 is 0 Å². The molecule has 0 atom stereocenters. The highest BCUT2D eigenvalue weighted by Gasteiger charge is 2.32. The summed E-state index contributed by atoms with van der Waals surface area (Å²) in [5.41, 5.74) is 1.47. The van der Waals surface area contributed by atoms with Crippen molar-refractivity contribution >= 4 is 11.8 Å². The van der Waals surface area contributed by atoms with E-state index >= 15 is 0 Å². The van der Waals surface area contributed by atoms with Gasteiger partial charge < -0.3 is 5.32 Å². The fraction of sp³-hybridized carbons (Fsp3) is 0.647. The molecule has 0 aromatic heterocycles. The first-order chi connectivity index (χ1) is 9.35. The zero-order valence-corrected chi connectivity index (χ0v) is 13.0. The van der Waals surface area contributed by atoms with E-state index in [9.17, 15) is 0 Å². The Balaban J connectivity index is 1.55. The van der Waals surface area contributed by atoms with Gasteiger partial charge in [0.1, 0.15) is 0 Å². The molecule has 2 heteroatoms. The summed E-state index contributed by atoms with van der Waals surface area (Å²) in [6, 6.07) is 10.8. The van der Waals surface area contributed by atoms with Crippen molar-refractivity contribution in [2.45, 2.75) is 49.7 Å². The summed E-state index contributed by atoms with van der Waals surface area (Å²) in [7, 11) is 0. The third-order valence-electron chi connectivity index (χ3n) is 4.31. The predicted molar refractivity (Wildman–Crippen MR) is 87.0 cm³/mol. The van der Waals surface area contributed by atoms with Crippen LogP contribution in [0, 0.1) is 0 Å². The smallest absolute Gasteiger partial charge is 0.0281 e. The average molecular weight is 277 g/mol. The van der Waals surface area contributed by atoms with E-state index in [1.165, 1.54) is 63.6 Å². The van der Waals surface area contributed by atoms with Crippen LogP contribution in [0.1, 0.15) is 44.1 Å². The Kier molecular flexibility index (Phi) is 6.25. The van der Waals surface area contributed by atoms with E-state index in [1.807, 2.05) is 0 Å². The Morgan fingerprint density at radius 2 is 1.84 bits per heavy atom. The number of hydrogen-bond donors (Lipinski definition) is 1. The lowest BCUT2D eigenvalue weighted by molar-refractivity contribution is 0.521. The first kappa shape index (κ1) is 14.9. The van der Waals surface area contributed by atoms with E-state index in [1.54, 1.807) is 0 Å². The second kappa shape index (κ2) is 7.96. The number of nitrogens with one attached hydrogen (secondary N) is 1. The van der Waals surface area contributed by atoms with Gasteiger partial charge in [0, 0.05) is 11.3 Å². The average Bonchev–Trinajstić information content (AvgIpc) is 2.93. The summed E-state index contributed by atoms with van der Waals surface area (Å²) in [5, 5.41) is 3.68. The summed E-state index contributed by atoms with van der Waals surface area (Å²) in [5.74, 6) is 0. The fourth-order valence-electron chi connectivity index (χ4n) is 3.01. The Bertz CT molecular complexity index is 344. The Hall–Kier alpha value is -0.470. The van der Waals surface area contributed by atoms with Crippen LogP contribution >= 0.6 is 11.8 Å². The molecule has 1 nitrogen and oxygen atoms in total. The molecule has 0 heterocycles. The molecule has 0 amide bonds. The van der Waals surface area contributed by atoms with Crippen molar-refractivity contribution in [3.63, 3.8) is 0 Å². The minimum Gasteiger partial charge on any atom is -0.315 e. The van der Waals surface area contributed by atoms with Crippen LogP contribution in [0.2, 0.25) is 0 Å². The molecule has 0 spiro atoms. The molecule has 2 rings (SSSR count). The normalized spacial score (nSPS) is 17.7. The summed E-state index contributed by atoms with van der Waals surface area (Å²) in [6.07, 6.45) is 11.8. The lowest BCUT2D eigenvalue weighted by atomic mass is 10.1. The monoisotopic (exact) mass is 277 g/mol. The van der Waals surface area contributed by atoms with Crippen LogP contribution in [0.25, 0.3) is 0 Å². The first-order valence-electron chi connectivity index (χ1n) is 7.64. The van der Waals surface area contributed by atoms with Gasteiger partial charge in [-0.15, -0.1) is 0 Å². The molecule has 0 saturated heterocycles. The largest absolute Gasteiger partial charge is 0.315 e. The zero-order chi connectivity index (χ0) is 13.4. The van der Waals surface area contributed by atoms with Gasteiger partial charge in [0.15, 0.2) is 0 Å². The van der Waals surface area contributed by atoms with Crippen LogP contribution in [0.15, 0.2) is 30.3 Å². The molecule has 0 unspecified atom stereocenters. The molecule has 1 fully saturated rings. The molecule has 0 radical (unpaired) electrons. The van der Waals surface area contributed by atoms with E-state index in [0.717, 1.165) is 0 Å². The Morgan fingerprint density at radius 1 is 1.11 bits per heavy atom. The SMILES string of the molecule is CSC1(CNCCCCc2ccccc2)CCCC1. The summed E-state index contributed by atoms with van der Waals surface area (Å²) in [4.78, 5) is 0. The van der Waals surface area contributed by atoms with Crippen molar-refractivity contribution in [1.29, 1.82) is 0 Å². The first-order valence-corrected chi connectivity index (χ1v) is 8.87. The van der Waals surface area contributed by atoms with E-state index in [4.69, 9.17) is 0 Å². The lowest BCUT2D eigenvalue weighted by Gasteiger charge is -2.27. The lowest BCUT2D eigenvalue weighted by Crippen LogP contribution is -2.35. The highest BCUT2D eigenvalue weighted by molar-refractivity contribution is 8.00. The molecule has 1 saturated carbocycles. The van der Waals surface area contributed by atoms with Crippen molar-refractivity contribution < 1.29 is 0 Å². The van der Waals surface area contributed by atoms with Crippen LogP contribution in [0.3, 0.4) is 0 Å². The molecule has 106 valence electrons. The van der Waals surface area contributed by atoms with Crippen molar-refractivity contribution in [3.05, 3.63) is 35.9 Å². The van der Waals surface area contributed by atoms with Crippen molar-refractivity contribution in [2.75, 3.05) is 19.3 Å². The molecule has 1 aromatic rings. The van der Waals surface area contributed by atoms with E-state index in [2.05, 4.69) is 53.7 Å². The number of thioether (sulfide) groups is 1. The second-order valence-corrected chi connectivity index (χ2v) is 6.99. The molecule has 0 aliphatic heterocycles. The standard InChI is InChI=1S/C17H27NS/c1-19-17(12-6-7-13-17)15-18-14-8-5-11-16-9-3-2-4-10-16/h2-4,9-10,18H,5-8,11-15H2,1H3. The molecule has 1 aliphatic carbocycles. The quantitative estimate of drug-likeness (QED) is 0.712. The maximum absolute atomic E-state index is 3.68. The number of benzene rings is 1. The third-order valence-corrected chi connectivity index (χ3v) is 5.73. The minimum atomic E-state index is 0.555. The maximum atomic E-state index is 3.68. The molecular formula is C17H27NS. The molecule has 1 N–H and O–H groups in total. The molecule has 19 heavy (non-hydrogen) atoms. The van der Waals surface area contributed by atoms with E-state index < -0.39 is 0 Å². The summed E-state index contributed by atoms with van der Waals surface area (Å²) >= 11 is 2.08. The number of rotatable bonds is 8. The zero-order valence-electron chi connectivity index (χ0n) is 12.2. The van der Waals surface area contributed by atoms with Crippen molar-refractivity contribution in [3.8, 4) is 0 Å². The van der Waals surface area contributed by atoms with Crippen molar-refractivity contribution in [2.24, 2.45) is 0 Å². The molecule has 1 aliphatic rings. The number of aryl methyl sites for hydroxylation is 1. The van der Waals surface area contributed by atoms with Crippen LogP contribution < -0.4 is 5.32 Å². The van der Waals surface area contributed by atoms with Gasteiger partial charge in [0.05, 0.1) is 0 Å². The van der Waals surface area contributed by atoms with E-state index in [-0.39, 0.29) is 0 Å². The predicted octanol–water partition coefficient (Wildman–Crippen LogP) is 4.27. The third kappa shape index (κ3) is 4.85. The fourth-order valence-corrected chi connectivity index (χ4v) is 3.96. The van der Waals surface area contributed by atoms with Gasteiger partial charge in [0.2, 0.25) is 0 Å². The topological polar surface area (TPSA) is 12.0 Å². The summed E-state index contributed by atoms with van der Waals surface area (Å²) < 4.78 is 0.555. The Labute approximate surface area is 122 Å².